The molecule has 0 aliphatic rings. The van der Waals surface area contributed by atoms with Gasteiger partial charge in [-0.2, -0.15) is 0 Å². The molecular formula is C14H13NO2. The van der Waals surface area contributed by atoms with E-state index in [2.05, 4.69) is 4.98 Å². The number of carbonyl (C=O) groups excluding carboxylic acids is 1. The van der Waals surface area contributed by atoms with Gasteiger partial charge in [-0.3, -0.25) is 9.78 Å². The molecule has 0 aliphatic carbocycles. The van der Waals surface area contributed by atoms with Crippen LogP contribution in [-0.2, 0) is 0 Å². The Morgan fingerprint density at radius 3 is 2.47 bits per heavy atom. The number of aryl methyl sites for hydroxylation is 2. The Hall–Kier alpha value is -2.16. The zero-order valence-electron chi connectivity index (χ0n) is 9.81. The second-order valence-corrected chi connectivity index (χ2v) is 3.87. The molecule has 0 unspecified atom stereocenters. The molecule has 1 aromatic carbocycles. The maximum Gasteiger partial charge on any atom is 0.150 e. The highest BCUT2D eigenvalue weighted by atomic mass is 16.5. The Morgan fingerprint density at radius 2 is 1.88 bits per heavy atom. The highest BCUT2D eigenvalue weighted by Gasteiger charge is 2.01. The normalized spacial score (nSPS) is 10.0. The Bertz CT molecular complexity index is 532. The summed E-state index contributed by atoms with van der Waals surface area (Å²) in [7, 11) is 0. The van der Waals surface area contributed by atoms with E-state index < -0.39 is 0 Å². The molecule has 0 saturated carbocycles. The molecule has 0 spiro atoms. The predicted octanol–water partition coefficient (Wildman–Crippen LogP) is 3.30. The summed E-state index contributed by atoms with van der Waals surface area (Å²) in [5.74, 6) is 1.40. The molecule has 0 bridgehead atoms. The third-order valence-electron chi connectivity index (χ3n) is 2.49. The van der Waals surface area contributed by atoms with Crippen LogP contribution in [0.25, 0.3) is 0 Å². The SMILES string of the molecule is Cc1ccc(Oc2ccc(C=O)c(C)c2)cn1. The number of carbonyl (C=O) groups is 1. The third kappa shape index (κ3) is 2.69. The fourth-order valence-corrected chi connectivity index (χ4v) is 1.49. The first-order chi connectivity index (χ1) is 8.19. The molecule has 0 fully saturated rings. The van der Waals surface area contributed by atoms with Gasteiger partial charge in [-0.25, -0.2) is 0 Å². The maximum atomic E-state index is 10.7. The quantitative estimate of drug-likeness (QED) is 0.755. The molecule has 0 N–H and O–H groups in total. The fraction of sp³-hybridized carbons (Fsp3) is 0.143. The average molecular weight is 227 g/mol. The van der Waals surface area contributed by atoms with Crippen LogP contribution in [0.2, 0.25) is 0 Å². The highest BCUT2D eigenvalue weighted by Crippen LogP contribution is 2.22. The lowest BCUT2D eigenvalue weighted by atomic mass is 10.1. The van der Waals surface area contributed by atoms with Crippen molar-refractivity contribution in [3.8, 4) is 11.5 Å². The number of aldehydes is 1. The number of aromatic nitrogens is 1. The van der Waals surface area contributed by atoms with Crippen molar-refractivity contribution in [2.45, 2.75) is 13.8 Å². The smallest absolute Gasteiger partial charge is 0.150 e. The Balaban J connectivity index is 2.21. The summed E-state index contributed by atoms with van der Waals surface area (Å²) in [4.78, 5) is 14.8. The molecule has 0 aliphatic heterocycles. The van der Waals surface area contributed by atoms with Crippen LogP contribution in [0.15, 0.2) is 36.5 Å². The number of ether oxygens (including phenoxy) is 1. The Morgan fingerprint density at radius 1 is 1.12 bits per heavy atom. The van der Waals surface area contributed by atoms with Gasteiger partial charge < -0.3 is 4.74 Å². The largest absolute Gasteiger partial charge is 0.456 e. The third-order valence-corrected chi connectivity index (χ3v) is 2.49. The van der Waals surface area contributed by atoms with E-state index >= 15 is 0 Å². The minimum Gasteiger partial charge on any atom is -0.456 e. The summed E-state index contributed by atoms with van der Waals surface area (Å²) in [5.41, 5.74) is 2.53. The predicted molar refractivity (Wildman–Crippen MR) is 65.6 cm³/mol. The molecule has 86 valence electrons. The first-order valence-electron chi connectivity index (χ1n) is 5.35. The van der Waals surface area contributed by atoms with Crippen molar-refractivity contribution in [1.29, 1.82) is 0 Å². The van der Waals surface area contributed by atoms with Crippen LogP contribution in [0.1, 0.15) is 21.6 Å². The van der Waals surface area contributed by atoms with Crippen molar-refractivity contribution < 1.29 is 9.53 Å². The maximum absolute atomic E-state index is 10.7. The van der Waals surface area contributed by atoms with Crippen molar-refractivity contribution >= 4 is 6.29 Å². The van der Waals surface area contributed by atoms with E-state index in [0.717, 1.165) is 17.5 Å². The molecule has 1 aromatic heterocycles. The van der Waals surface area contributed by atoms with Gasteiger partial charge in [0, 0.05) is 11.3 Å². The van der Waals surface area contributed by atoms with Gasteiger partial charge in [0.2, 0.25) is 0 Å². The second kappa shape index (κ2) is 4.78. The van der Waals surface area contributed by atoms with E-state index in [4.69, 9.17) is 4.74 Å². The van der Waals surface area contributed by atoms with Crippen LogP contribution >= 0.6 is 0 Å². The fourth-order valence-electron chi connectivity index (χ4n) is 1.49. The summed E-state index contributed by atoms with van der Waals surface area (Å²) in [5, 5.41) is 0. The summed E-state index contributed by atoms with van der Waals surface area (Å²) in [6.45, 7) is 3.80. The lowest BCUT2D eigenvalue weighted by molar-refractivity contribution is 0.112. The van der Waals surface area contributed by atoms with Crippen LogP contribution < -0.4 is 4.74 Å². The summed E-state index contributed by atoms with van der Waals surface area (Å²) < 4.78 is 5.64. The van der Waals surface area contributed by atoms with Crippen LogP contribution in [0.4, 0.5) is 0 Å². The number of rotatable bonds is 3. The number of hydrogen-bond donors (Lipinski definition) is 0. The van der Waals surface area contributed by atoms with Crippen LogP contribution in [0.3, 0.4) is 0 Å². The zero-order chi connectivity index (χ0) is 12.3. The molecule has 2 rings (SSSR count). The summed E-state index contributed by atoms with van der Waals surface area (Å²) in [6.07, 6.45) is 2.52. The topological polar surface area (TPSA) is 39.2 Å². The molecule has 17 heavy (non-hydrogen) atoms. The van der Waals surface area contributed by atoms with Crippen molar-refractivity contribution in [1.82, 2.24) is 4.98 Å². The van der Waals surface area contributed by atoms with Crippen molar-refractivity contribution in [2.24, 2.45) is 0 Å². The Labute approximate surface area is 100 Å². The summed E-state index contributed by atoms with van der Waals surface area (Å²) >= 11 is 0. The van der Waals surface area contributed by atoms with Gasteiger partial charge >= 0.3 is 0 Å². The summed E-state index contributed by atoms with van der Waals surface area (Å²) in [6, 6.07) is 9.12. The van der Waals surface area contributed by atoms with Crippen molar-refractivity contribution in [3.63, 3.8) is 0 Å². The monoisotopic (exact) mass is 227 g/mol. The molecular weight excluding hydrogens is 214 g/mol. The average Bonchev–Trinajstić information content (AvgIpc) is 2.32. The molecule has 2 aromatic rings. The van der Waals surface area contributed by atoms with Gasteiger partial charge in [0.05, 0.1) is 6.20 Å². The lowest BCUT2D eigenvalue weighted by Crippen LogP contribution is -1.90. The highest BCUT2D eigenvalue weighted by molar-refractivity contribution is 5.77. The van der Waals surface area contributed by atoms with Gasteiger partial charge in [-0.1, -0.05) is 0 Å². The van der Waals surface area contributed by atoms with Gasteiger partial charge in [-0.15, -0.1) is 0 Å². The number of nitrogens with zero attached hydrogens (tertiary/aromatic N) is 1. The van der Waals surface area contributed by atoms with E-state index in [9.17, 15) is 4.79 Å². The Kier molecular flexibility index (Phi) is 3.19. The van der Waals surface area contributed by atoms with E-state index in [0.29, 0.717) is 17.1 Å². The van der Waals surface area contributed by atoms with Gasteiger partial charge in [0.25, 0.3) is 0 Å². The molecule has 0 saturated heterocycles. The van der Waals surface area contributed by atoms with E-state index in [-0.39, 0.29) is 0 Å². The molecule has 0 atom stereocenters. The van der Waals surface area contributed by atoms with Gasteiger partial charge in [0.1, 0.15) is 17.8 Å². The molecule has 3 heteroatoms. The van der Waals surface area contributed by atoms with Crippen LogP contribution in [0.5, 0.6) is 11.5 Å². The lowest BCUT2D eigenvalue weighted by Gasteiger charge is -2.07. The minimum atomic E-state index is 0.680. The second-order valence-electron chi connectivity index (χ2n) is 3.87. The van der Waals surface area contributed by atoms with E-state index in [1.807, 2.05) is 32.0 Å². The van der Waals surface area contributed by atoms with Crippen LogP contribution in [0, 0.1) is 13.8 Å². The number of pyridine rings is 1. The zero-order valence-corrected chi connectivity index (χ0v) is 9.81. The standard InChI is InChI=1S/C14H13NO2/c1-10-7-13(6-4-12(10)9-16)17-14-5-3-11(2)15-8-14/h3-9H,1-2H3. The first-order valence-corrected chi connectivity index (χ1v) is 5.35. The first kappa shape index (κ1) is 11.3. The molecule has 0 radical (unpaired) electrons. The van der Waals surface area contributed by atoms with Crippen molar-refractivity contribution in [2.75, 3.05) is 0 Å². The number of benzene rings is 1. The van der Waals surface area contributed by atoms with Gasteiger partial charge in [0.15, 0.2) is 0 Å². The molecule has 3 nitrogen and oxygen atoms in total. The van der Waals surface area contributed by atoms with E-state index in [1.165, 1.54) is 0 Å². The molecule has 0 amide bonds. The molecule has 1 heterocycles. The number of hydrogen-bond acceptors (Lipinski definition) is 3. The minimum absolute atomic E-state index is 0.680. The van der Waals surface area contributed by atoms with Gasteiger partial charge in [-0.05, 0) is 49.7 Å². The van der Waals surface area contributed by atoms with Crippen molar-refractivity contribution in [3.05, 3.63) is 53.3 Å². The van der Waals surface area contributed by atoms with E-state index in [1.54, 1.807) is 18.3 Å². The van der Waals surface area contributed by atoms with Crippen LogP contribution in [-0.4, -0.2) is 11.3 Å².